The van der Waals surface area contributed by atoms with Crippen LogP contribution in [0, 0.1) is 15.4 Å². The van der Waals surface area contributed by atoms with Gasteiger partial charge >= 0.3 is 0 Å². The quantitative estimate of drug-likeness (QED) is 0.775. The Morgan fingerprint density at radius 3 is 2.19 bits per heavy atom. The van der Waals surface area contributed by atoms with Gasteiger partial charge < -0.3 is 4.90 Å². The summed E-state index contributed by atoms with van der Waals surface area (Å²) >= 11 is 2.30. The minimum atomic E-state index is 0.643. The lowest BCUT2D eigenvalue weighted by molar-refractivity contribution is 0.547. The summed E-state index contributed by atoms with van der Waals surface area (Å²) in [6, 6.07) is 0. The monoisotopic (exact) mass is 333 g/mol. The number of aromatic nitrogens is 2. The van der Waals surface area contributed by atoms with E-state index in [2.05, 4.69) is 65.2 Å². The predicted octanol–water partition coefficient (Wildman–Crippen LogP) is 3.20. The summed E-state index contributed by atoms with van der Waals surface area (Å²) < 4.78 is 1.13. The first-order valence-corrected chi connectivity index (χ1v) is 6.79. The van der Waals surface area contributed by atoms with E-state index in [1.54, 1.807) is 6.33 Å². The second-order valence-electron chi connectivity index (χ2n) is 4.89. The molecule has 1 rings (SSSR count). The molecular formula is C12H20IN3. The maximum absolute atomic E-state index is 4.39. The molecule has 1 aromatic rings. The average Bonchev–Trinajstić information content (AvgIpc) is 2.15. The fourth-order valence-corrected chi connectivity index (χ4v) is 2.31. The van der Waals surface area contributed by atoms with Crippen molar-refractivity contribution in [2.24, 2.45) is 11.8 Å². The van der Waals surface area contributed by atoms with Gasteiger partial charge in [-0.05, 0) is 34.4 Å². The van der Waals surface area contributed by atoms with Crippen molar-refractivity contribution < 1.29 is 0 Å². The first-order valence-electron chi connectivity index (χ1n) is 5.71. The van der Waals surface area contributed by atoms with E-state index in [9.17, 15) is 0 Å². The highest BCUT2D eigenvalue weighted by atomic mass is 127. The van der Waals surface area contributed by atoms with E-state index in [1.807, 2.05) is 6.20 Å². The van der Waals surface area contributed by atoms with Crippen LogP contribution in [0.5, 0.6) is 0 Å². The molecule has 0 aromatic carbocycles. The highest BCUT2D eigenvalue weighted by Crippen LogP contribution is 2.20. The zero-order valence-electron chi connectivity index (χ0n) is 10.4. The van der Waals surface area contributed by atoms with Crippen molar-refractivity contribution >= 4 is 28.4 Å². The van der Waals surface area contributed by atoms with Crippen LogP contribution in [0.3, 0.4) is 0 Å². The first kappa shape index (κ1) is 13.7. The molecule has 16 heavy (non-hydrogen) atoms. The minimum Gasteiger partial charge on any atom is -0.355 e. The maximum atomic E-state index is 4.39. The van der Waals surface area contributed by atoms with Gasteiger partial charge in [0.15, 0.2) is 0 Å². The molecule has 4 heteroatoms. The van der Waals surface area contributed by atoms with Gasteiger partial charge in [-0.15, -0.1) is 0 Å². The van der Waals surface area contributed by atoms with Gasteiger partial charge in [0.25, 0.3) is 0 Å². The van der Waals surface area contributed by atoms with Crippen molar-refractivity contribution in [2.75, 3.05) is 18.0 Å². The Labute approximate surface area is 112 Å². The van der Waals surface area contributed by atoms with Gasteiger partial charge in [0.1, 0.15) is 12.1 Å². The van der Waals surface area contributed by atoms with Crippen molar-refractivity contribution in [3.8, 4) is 0 Å². The van der Waals surface area contributed by atoms with Crippen LogP contribution < -0.4 is 4.90 Å². The highest BCUT2D eigenvalue weighted by Gasteiger charge is 2.14. The lowest BCUT2D eigenvalue weighted by Crippen LogP contribution is -2.32. The summed E-state index contributed by atoms with van der Waals surface area (Å²) in [6.45, 7) is 11.0. The zero-order valence-corrected chi connectivity index (χ0v) is 12.6. The van der Waals surface area contributed by atoms with Crippen LogP contribution in [0.1, 0.15) is 27.7 Å². The zero-order chi connectivity index (χ0) is 12.1. The van der Waals surface area contributed by atoms with Gasteiger partial charge in [0, 0.05) is 19.3 Å². The lowest BCUT2D eigenvalue weighted by atomic mass is 10.1. The van der Waals surface area contributed by atoms with Crippen molar-refractivity contribution in [1.82, 2.24) is 9.97 Å². The number of hydrogen-bond acceptors (Lipinski definition) is 3. The number of nitrogens with zero attached hydrogens (tertiary/aromatic N) is 3. The average molecular weight is 333 g/mol. The second kappa shape index (κ2) is 6.37. The molecule has 90 valence electrons. The van der Waals surface area contributed by atoms with E-state index < -0.39 is 0 Å². The van der Waals surface area contributed by atoms with Crippen LogP contribution in [0.4, 0.5) is 5.82 Å². The third kappa shape index (κ3) is 4.23. The normalized spacial score (nSPS) is 11.2. The Morgan fingerprint density at radius 2 is 1.75 bits per heavy atom. The molecule has 0 N–H and O–H groups in total. The number of rotatable bonds is 5. The number of anilines is 1. The summed E-state index contributed by atoms with van der Waals surface area (Å²) in [7, 11) is 0. The highest BCUT2D eigenvalue weighted by molar-refractivity contribution is 14.1. The van der Waals surface area contributed by atoms with Crippen molar-refractivity contribution in [3.05, 3.63) is 16.1 Å². The molecule has 0 radical (unpaired) electrons. The standard InChI is InChI=1S/C12H20IN3/c1-9(2)6-16(7-10(3)4)12-11(13)5-14-8-15-12/h5,8-10H,6-7H2,1-4H3. The van der Waals surface area contributed by atoms with Crippen molar-refractivity contribution in [1.29, 1.82) is 0 Å². The first-order chi connectivity index (χ1) is 7.50. The molecule has 0 bridgehead atoms. The van der Waals surface area contributed by atoms with Gasteiger partial charge in [-0.2, -0.15) is 0 Å². The lowest BCUT2D eigenvalue weighted by Gasteiger charge is -2.27. The van der Waals surface area contributed by atoms with Gasteiger partial charge in [0.05, 0.1) is 3.57 Å². The van der Waals surface area contributed by atoms with E-state index >= 15 is 0 Å². The van der Waals surface area contributed by atoms with Crippen LogP contribution in [-0.4, -0.2) is 23.1 Å². The molecule has 3 nitrogen and oxygen atoms in total. The smallest absolute Gasteiger partial charge is 0.145 e. The summed E-state index contributed by atoms with van der Waals surface area (Å²) in [5, 5.41) is 0. The number of halogens is 1. The minimum absolute atomic E-state index is 0.643. The fourth-order valence-electron chi connectivity index (χ4n) is 1.67. The van der Waals surface area contributed by atoms with Gasteiger partial charge in [0.2, 0.25) is 0 Å². The molecule has 1 heterocycles. The van der Waals surface area contributed by atoms with E-state index in [4.69, 9.17) is 0 Å². The summed E-state index contributed by atoms with van der Waals surface area (Å²) in [5.74, 6) is 2.35. The Hall–Kier alpha value is -0.390. The molecular weight excluding hydrogens is 313 g/mol. The molecule has 0 spiro atoms. The van der Waals surface area contributed by atoms with Gasteiger partial charge in [-0.3, -0.25) is 0 Å². The largest absolute Gasteiger partial charge is 0.355 e. The Balaban J connectivity index is 2.87. The molecule has 0 aliphatic heterocycles. The Morgan fingerprint density at radius 1 is 1.19 bits per heavy atom. The molecule has 0 unspecified atom stereocenters. The molecule has 0 fully saturated rings. The molecule has 0 saturated heterocycles. The summed E-state index contributed by atoms with van der Waals surface area (Å²) in [4.78, 5) is 10.8. The molecule has 0 atom stereocenters. The summed E-state index contributed by atoms with van der Waals surface area (Å²) in [6.07, 6.45) is 3.50. The van der Waals surface area contributed by atoms with Gasteiger partial charge in [-0.1, -0.05) is 27.7 Å². The van der Waals surface area contributed by atoms with Crippen LogP contribution in [0.25, 0.3) is 0 Å². The molecule has 1 aromatic heterocycles. The molecule has 0 aliphatic carbocycles. The van der Waals surface area contributed by atoms with Crippen LogP contribution >= 0.6 is 22.6 Å². The molecule has 0 amide bonds. The SMILES string of the molecule is CC(C)CN(CC(C)C)c1ncncc1I. The fraction of sp³-hybridized carbons (Fsp3) is 0.667. The van der Waals surface area contributed by atoms with Crippen LogP contribution in [0.15, 0.2) is 12.5 Å². The third-order valence-electron chi connectivity index (χ3n) is 2.12. The molecule has 0 saturated carbocycles. The van der Waals surface area contributed by atoms with Gasteiger partial charge in [-0.25, -0.2) is 9.97 Å². The third-order valence-corrected chi connectivity index (χ3v) is 2.88. The van der Waals surface area contributed by atoms with Crippen LogP contribution in [0.2, 0.25) is 0 Å². The van der Waals surface area contributed by atoms with Crippen LogP contribution in [-0.2, 0) is 0 Å². The Bertz CT molecular complexity index is 316. The van der Waals surface area contributed by atoms with Crippen molar-refractivity contribution in [3.63, 3.8) is 0 Å². The van der Waals surface area contributed by atoms with E-state index in [-0.39, 0.29) is 0 Å². The van der Waals surface area contributed by atoms with Crippen molar-refractivity contribution in [2.45, 2.75) is 27.7 Å². The summed E-state index contributed by atoms with van der Waals surface area (Å²) in [5.41, 5.74) is 0. The Kier molecular flexibility index (Phi) is 5.44. The second-order valence-corrected chi connectivity index (χ2v) is 6.05. The maximum Gasteiger partial charge on any atom is 0.145 e. The van der Waals surface area contributed by atoms with E-state index in [0.717, 1.165) is 22.5 Å². The molecule has 0 aliphatic rings. The number of hydrogen-bond donors (Lipinski definition) is 0. The topological polar surface area (TPSA) is 29.0 Å². The van der Waals surface area contributed by atoms with E-state index in [0.29, 0.717) is 11.8 Å². The van der Waals surface area contributed by atoms with E-state index in [1.165, 1.54) is 0 Å². The predicted molar refractivity (Wildman–Crippen MR) is 76.6 cm³/mol.